The molecule has 0 aromatic heterocycles. The minimum Gasteiger partial charge on any atom is -0.348 e. The van der Waals surface area contributed by atoms with Gasteiger partial charge in [0.2, 0.25) is 5.91 Å². The molecule has 1 amide bonds. The Morgan fingerprint density at radius 2 is 2.05 bits per heavy atom. The van der Waals surface area contributed by atoms with Gasteiger partial charge < -0.3 is 10.2 Å². The first kappa shape index (κ1) is 13.7. The molecule has 3 nitrogen and oxygen atoms in total. The minimum atomic E-state index is -0.0244. The number of halogens is 1. The van der Waals surface area contributed by atoms with E-state index in [0.717, 1.165) is 12.1 Å². The van der Waals surface area contributed by atoms with Crippen molar-refractivity contribution in [2.45, 2.75) is 18.9 Å². The first-order chi connectivity index (χ1) is 9.72. The summed E-state index contributed by atoms with van der Waals surface area (Å²) in [6.07, 6.45) is 5.77. The lowest BCUT2D eigenvalue weighted by molar-refractivity contribution is -0.118. The van der Waals surface area contributed by atoms with Crippen molar-refractivity contribution >= 4 is 23.6 Å². The van der Waals surface area contributed by atoms with Crippen molar-refractivity contribution in [2.24, 2.45) is 5.92 Å². The van der Waals surface area contributed by atoms with Crippen LogP contribution in [-0.2, 0) is 4.79 Å². The number of nitrogens with one attached hydrogen (secondary N) is 1. The van der Waals surface area contributed by atoms with Gasteiger partial charge in [0.15, 0.2) is 0 Å². The Hall–Kier alpha value is -1.32. The van der Waals surface area contributed by atoms with Crippen LogP contribution in [0, 0.1) is 5.92 Å². The van der Waals surface area contributed by atoms with E-state index in [1.54, 1.807) is 12.2 Å². The quantitative estimate of drug-likeness (QED) is 0.868. The summed E-state index contributed by atoms with van der Waals surface area (Å²) in [5, 5.41) is 3.80. The van der Waals surface area contributed by atoms with Gasteiger partial charge in [0.25, 0.3) is 0 Å². The van der Waals surface area contributed by atoms with Crippen LogP contribution < -0.4 is 5.32 Å². The summed E-state index contributed by atoms with van der Waals surface area (Å²) in [4.78, 5) is 14.4. The number of nitrogens with zero attached hydrogens (tertiary/aromatic N) is 1. The number of amides is 1. The van der Waals surface area contributed by atoms with Gasteiger partial charge in [-0.05, 0) is 49.6 Å². The maximum atomic E-state index is 12.0. The summed E-state index contributed by atoms with van der Waals surface area (Å²) in [7, 11) is 0. The fourth-order valence-electron chi connectivity index (χ4n) is 3.14. The molecule has 0 aliphatic carbocycles. The van der Waals surface area contributed by atoms with E-state index >= 15 is 0 Å². The SMILES string of the molecule is O=C(/C=C/c1ccccc1Cl)N[C@@H]1CN2CCC1CC2. The molecular weight excluding hydrogens is 272 g/mol. The van der Waals surface area contributed by atoms with Gasteiger partial charge in [-0.25, -0.2) is 0 Å². The highest BCUT2D eigenvalue weighted by Crippen LogP contribution is 2.27. The van der Waals surface area contributed by atoms with Crippen LogP contribution in [0.3, 0.4) is 0 Å². The van der Waals surface area contributed by atoms with Crippen LogP contribution >= 0.6 is 11.6 Å². The molecule has 0 saturated carbocycles. The summed E-state index contributed by atoms with van der Waals surface area (Å²) in [6, 6.07) is 7.83. The normalized spacial score (nSPS) is 28.8. The van der Waals surface area contributed by atoms with Crippen molar-refractivity contribution in [3.63, 3.8) is 0 Å². The molecule has 3 heterocycles. The van der Waals surface area contributed by atoms with Crippen molar-refractivity contribution in [3.8, 4) is 0 Å². The second-order valence-electron chi connectivity index (χ2n) is 5.61. The van der Waals surface area contributed by atoms with E-state index < -0.39 is 0 Å². The zero-order valence-electron chi connectivity index (χ0n) is 11.4. The Bertz CT molecular complexity index is 521. The third-order valence-electron chi connectivity index (χ3n) is 4.30. The Kier molecular flexibility index (Phi) is 4.08. The Morgan fingerprint density at radius 3 is 2.70 bits per heavy atom. The average Bonchev–Trinajstić information content (AvgIpc) is 2.48. The van der Waals surface area contributed by atoms with Crippen LogP contribution in [0.25, 0.3) is 6.08 Å². The molecular formula is C16H19ClN2O. The van der Waals surface area contributed by atoms with Crippen LogP contribution in [0.15, 0.2) is 30.3 Å². The number of rotatable bonds is 3. The fraction of sp³-hybridized carbons (Fsp3) is 0.438. The van der Waals surface area contributed by atoms with Gasteiger partial charge in [-0.15, -0.1) is 0 Å². The van der Waals surface area contributed by atoms with Gasteiger partial charge in [-0.1, -0.05) is 29.8 Å². The molecule has 106 valence electrons. The van der Waals surface area contributed by atoms with E-state index in [0.29, 0.717) is 17.0 Å². The average molecular weight is 291 g/mol. The van der Waals surface area contributed by atoms with Crippen molar-refractivity contribution in [2.75, 3.05) is 19.6 Å². The number of fused-ring (bicyclic) bond motifs is 3. The maximum Gasteiger partial charge on any atom is 0.244 e. The monoisotopic (exact) mass is 290 g/mol. The number of carbonyl (C=O) groups is 1. The van der Waals surface area contributed by atoms with Crippen LogP contribution in [0.1, 0.15) is 18.4 Å². The van der Waals surface area contributed by atoms with Crippen LogP contribution in [0.5, 0.6) is 0 Å². The van der Waals surface area contributed by atoms with Crippen LogP contribution in [0.2, 0.25) is 5.02 Å². The summed E-state index contributed by atoms with van der Waals surface area (Å²) in [6.45, 7) is 3.37. The second kappa shape index (κ2) is 5.98. The van der Waals surface area contributed by atoms with Gasteiger partial charge in [0.05, 0.1) is 0 Å². The Labute approximate surface area is 124 Å². The molecule has 1 N–H and O–H groups in total. The third-order valence-corrected chi connectivity index (χ3v) is 4.65. The molecule has 4 heteroatoms. The predicted molar refractivity (Wildman–Crippen MR) is 81.6 cm³/mol. The second-order valence-corrected chi connectivity index (χ2v) is 6.02. The molecule has 3 aliphatic rings. The van der Waals surface area contributed by atoms with Gasteiger partial charge in [0.1, 0.15) is 0 Å². The minimum absolute atomic E-state index is 0.0244. The van der Waals surface area contributed by atoms with Crippen molar-refractivity contribution in [3.05, 3.63) is 40.9 Å². The molecule has 3 aliphatic heterocycles. The molecule has 0 radical (unpaired) electrons. The number of benzene rings is 1. The molecule has 3 saturated heterocycles. The smallest absolute Gasteiger partial charge is 0.244 e. The fourth-order valence-corrected chi connectivity index (χ4v) is 3.33. The summed E-state index contributed by atoms with van der Waals surface area (Å²) < 4.78 is 0. The zero-order valence-corrected chi connectivity index (χ0v) is 12.1. The first-order valence-corrected chi connectivity index (χ1v) is 7.55. The van der Waals surface area contributed by atoms with Crippen molar-refractivity contribution in [1.29, 1.82) is 0 Å². The van der Waals surface area contributed by atoms with Gasteiger partial charge in [0, 0.05) is 23.7 Å². The molecule has 2 bridgehead atoms. The molecule has 1 aromatic rings. The lowest BCUT2D eigenvalue weighted by atomic mass is 9.84. The van der Waals surface area contributed by atoms with E-state index in [1.807, 2.05) is 24.3 Å². The molecule has 3 fully saturated rings. The van der Waals surface area contributed by atoms with Gasteiger partial charge in [-0.2, -0.15) is 0 Å². The third kappa shape index (κ3) is 3.05. The molecule has 4 rings (SSSR count). The van der Waals surface area contributed by atoms with E-state index in [2.05, 4.69) is 10.2 Å². The van der Waals surface area contributed by atoms with Crippen molar-refractivity contribution in [1.82, 2.24) is 10.2 Å². The number of piperidine rings is 3. The number of hydrogen-bond acceptors (Lipinski definition) is 2. The first-order valence-electron chi connectivity index (χ1n) is 7.18. The lowest BCUT2D eigenvalue weighted by Crippen LogP contribution is -2.57. The summed E-state index contributed by atoms with van der Waals surface area (Å²) in [5.41, 5.74) is 0.873. The van der Waals surface area contributed by atoms with E-state index in [-0.39, 0.29) is 5.91 Å². The summed E-state index contributed by atoms with van der Waals surface area (Å²) >= 11 is 6.06. The Balaban J connectivity index is 1.59. The van der Waals surface area contributed by atoms with Crippen molar-refractivity contribution < 1.29 is 4.79 Å². The molecule has 20 heavy (non-hydrogen) atoms. The highest BCUT2D eigenvalue weighted by atomic mass is 35.5. The standard InChI is InChI=1S/C16H19ClN2O/c17-14-4-2-1-3-12(14)5-6-16(20)18-15-11-19-9-7-13(15)8-10-19/h1-6,13,15H,7-11H2,(H,18,20)/b6-5+/t15-/m1/s1. The highest BCUT2D eigenvalue weighted by Gasteiger charge is 2.34. The topological polar surface area (TPSA) is 32.3 Å². The van der Waals surface area contributed by atoms with E-state index in [1.165, 1.54) is 25.9 Å². The molecule has 0 spiro atoms. The number of hydrogen-bond donors (Lipinski definition) is 1. The molecule has 1 aromatic carbocycles. The maximum absolute atomic E-state index is 12.0. The summed E-state index contributed by atoms with van der Waals surface area (Å²) in [5.74, 6) is 0.626. The largest absolute Gasteiger partial charge is 0.348 e. The van der Waals surface area contributed by atoms with Gasteiger partial charge in [-0.3, -0.25) is 4.79 Å². The predicted octanol–water partition coefficient (Wildman–Crippen LogP) is 2.56. The lowest BCUT2D eigenvalue weighted by Gasteiger charge is -2.44. The van der Waals surface area contributed by atoms with E-state index in [9.17, 15) is 4.79 Å². The molecule has 1 atom stereocenters. The zero-order chi connectivity index (χ0) is 13.9. The van der Waals surface area contributed by atoms with Crippen LogP contribution in [0.4, 0.5) is 0 Å². The van der Waals surface area contributed by atoms with Gasteiger partial charge >= 0.3 is 0 Å². The highest BCUT2D eigenvalue weighted by molar-refractivity contribution is 6.32. The number of carbonyl (C=O) groups excluding carboxylic acids is 1. The molecule has 0 unspecified atom stereocenters. The van der Waals surface area contributed by atoms with Crippen LogP contribution in [-0.4, -0.2) is 36.5 Å². The van der Waals surface area contributed by atoms with E-state index in [4.69, 9.17) is 11.6 Å². The Morgan fingerprint density at radius 1 is 1.30 bits per heavy atom.